The summed E-state index contributed by atoms with van der Waals surface area (Å²) in [5, 5.41) is 9.66. The molecular weight excluding hydrogens is 815 g/mol. The molecule has 0 spiro atoms. The lowest BCUT2D eigenvalue weighted by Crippen LogP contribution is -2.40. The second-order valence-electron chi connectivity index (χ2n) is 16.7. The van der Waals surface area contributed by atoms with E-state index in [2.05, 4.69) is 141 Å². The number of hydrogen-bond acceptors (Lipinski definition) is 7. The number of carboxylic acids is 1. The van der Waals surface area contributed by atoms with Gasteiger partial charge in [0.2, 0.25) is 0 Å². The molecule has 0 aliphatic carbocycles. The van der Waals surface area contributed by atoms with Crippen LogP contribution in [0.2, 0.25) is 0 Å². The van der Waals surface area contributed by atoms with E-state index in [-0.39, 0.29) is 32.7 Å². The molecule has 0 aliphatic rings. The van der Waals surface area contributed by atoms with Gasteiger partial charge >= 0.3 is 17.9 Å². The van der Waals surface area contributed by atoms with Crippen LogP contribution >= 0.6 is 0 Å². The lowest BCUT2D eigenvalue weighted by molar-refractivity contribution is -0.870. The van der Waals surface area contributed by atoms with E-state index in [1.165, 1.54) is 0 Å². The Morgan fingerprint density at radius 2 is 0.846 bits per heavy atom. The van der Waals surface area contributed by atoms with E-state index >= 15 is 0 Å². The highest BCUT2D eigenvalue weighted by Gasteiger charge is 2.25. The van der Waals surface area contributed by atoms with Crippen molar-refractivity contribution in [3.63, 3.8) is 0 Å². The fourth-order valence-electron chi connectivity index (χ4n) is 5.70. The summed E-state index contributed by atoms with van der Waals surface area (Å²) in [5.74, 6) is -2.15. The molecule has 0 aromatic carbocycles. The van der Waals surface area contributed by atoms with Crippen molar-refractivity contribution in [2.75, 3.05) is 47.5 Å². The molecule has 364 valence electrons. The van der Waals surface area contributed by atoms with E-state index in [4.69, 9.17) is 18.9 Å². The first-order valence-electron chi connectivity index (χ1n) is 24.3. The first-order chi connectivity index (χ1) is 31.6. The highest BCUT2D eigenvalue weighted by atomic mass is 16.7. The summed E-state index contributed by atoms with van der Waals surface area (Å²) in [6.45, 7) is 4.51. The number of carbonyl (C=O) groups is 3. The zero-order valence-corrected chi connectivity index (χ0v) is 41.1. The Morgan fingerprint density at radius 3 is 1.26 bits per heavy atom. The number of allylic oxidation sites excluding steroid dienone is 22. The fourth-order valence-corrected chi connectivity index (χ4v) is 5.70. The smallest absolute Gasteiger partial charge is 0.361 e. The predicted octanol–water partition coefficient (Wildman–Crippen LogP) is 13.6. The van der Waals surface area contributed by atoms with Crippen LogP contribution in [0, 0.1) is 0 Å². The van der Waals surface area contributed by atoms with Crippen molar-refractivity contribution in [2.45, 2.75) is 155 Å². The molecule has 0 aromatic rings. The maximum atomic E-state index is 12.8. The minimum atomic E-state index is -1.54. The number of nitrogens with zero attached hydrogens (tertiary/aromatic N) is 1. The first-order valence-corrected chi connectivity index (χ1v) is 24.3. The second kappa shape index (κ2) is 46.0. The highest BCUT2D eigenvalue weighted by molar-refractivity contribution is 5.71. The largest absolute Gasteiger partial charge is 0.477 e. The monoisotopic (exact) mass is 903 g/mol. The molecule has 0 rings (SSSR count). The Labute approximate surface area is 395 Å². The van der Waals surface area contributed by atoms with Crippen molar-refractivity contribution in [2.24, 2.45) is 0 Å². The lowest BCUT2D eigenvalue weighted by atomic mass is 10.1. The molecule has 65 heavy (non-hydrogen) atoms. The van der Waals surface area contributed by atoms with Gasteiger partial charge in [-0.05, 0) is 103 Å². The number of esters is 2. The predicted molar refractivity (Wildman–Crippen MR) is 271 cm³/mol. The van der Waals surface area contributed by atoms with Gasteiger partial charge < -0.3 is 28.5 Å². The maximum absolute atomic E-state index is 12.8. The van der Waals surface area contributed by atoms with Gasteiger partial charge in [0.05, 0.1) is 34.4 Å². The Kier molecular flexibility index (Phi) is 42.7. The minimum Gasteiger partial charge on any atom is -0.477 e. The Balaban J connectivity index is 4.57. The summed E-state index contributed by atoms with van der Waals surface area (Å²) in [5.41, 5.74) is 0. The number of rotatable bonds is 42. The van der Waals surface area contributed by atoms with Gasteiger partial charge in [-0.15, -0.1) is 0 Å². The van der Waals surface area contributed by atoms with Crippen molar-refractivity contribution in [3.8, 4) is 0 Å². The fraction of sp³-hybridized carbons (Fsp3) is 0.554. The van der Waals surface area contributed by atoms with Crippen LogP contribution in [0.3, 0.4) is 0 Å². The Hall–Kier alpha value is -4.57. The first kappa shape index (κ1) is 60.4. The van der Waals surface area contributed by atoms with Crippen LogP contribution in [-0.2, 0) is 33.3 Å². The van der Waals surface area contributed by atoms with E-state index in [1.54, 1.807) is 0 Å². The van der Waals surface area contributed by atoms with Crippen LogP contribution < -0.4 is 0 Å². The summed E-state index contributed by atoms with van der Waals surface area (Å²) in [4.78, 5) is 37.2. The number of carboxylic acid groups (broad SMARTS) is 1. The average molecular weight is 903 g/mol. The van der Waals surface area contributed by atoms with Crippen LogP contribution in [0.5, 0.6) is 0 Å². The average Bonchev–Trinajstić information content (AvgIpc) is 3.27. The van der Waals surface area contributed by atoms with E-state index in [9.17, 15) is 19.5 Å². The van der Waals surface area contributed by atoms with E-state index in [1.807, 2.05) is 27.2 Å². The van der Waals surface area contributed by atoms with Crippen molar-refractivity contribution in [3.05, 3.63) is 134 Å². The van der Waals surface area contributed by atoms with Gasteiger partial charge in [0.25, 0.3) is 6.29 Å². The van der Waals surface area contributed by atoms with Gasteiger partial charge in [0.15, 0.2) is 6.10 Å². The number of carbonyl (C=O) groups excluding carboxylic acids is 2. The van der Waals surface area contributed by atoms with Crippen LogP contribution in [0.15, 0.2) is 134 Å². The van der Waals surface area contributed by atoms with E-state index in [0.29, 0.717) is 30.3 Å². The van der Waals surface area contributed by atoms with Gasteiger partial charge in [-0.1, -0.05) is 160 Å². The molecule has 0 aromatic heterocycles. The third-order valence-corrected chi connectivity index (χ3v) is 9.40. The zero-order chi connectivity index (χ0) is 47.7. The number of unbranched alkanes of at least 4 members (excludes halogenated alkanes) is 5. The van der Waals surface area contributed by atoms with Crippen LogP contribution in [0.4, 0.5) is 0 Å². The van der Waals surface area contributed by atoms with Gasteiger partial charge in [-0.25, -0.2) is 4.79 Å². The lowest BCUT2D eigenvalue weighted by Gasteiger charge is -2.25. The van der Waals surface area contributed by atoms with Crippen molar-refractivity contribution < 1.29 is 42.9 Å². The number of ether oxygens (including phenoxy) is 4. The molecule has 2 unspecified atom stereocenters. The molecule has 0 amide bonds. The Morgan fingerprint density at radius 1 is 0.462 bits per heavy atom. The quantitative estimate of drug-likeness (QED) is 0.0212. The molecule has 0 saturated carbocycles. The Bertz CT molecular complexity index is 1520. The molecule has 0 bridgehead atoms. The van der Waals surface area contributed by atoms with Gasteiger partial charge in [-0.2, -0.15) is 0 Å². The number of hydrogen-bond donors (Lipinski definition) is 1. The highest BCUT2D eigenvalue weighted by Crippen LogP contribution is 2.10. The molecule has 0 aliphatic heterocycles. The zero-order valence-electron chi connectivity index (χ0n) is 41.1. The topological polar surface area (TPSA) is 108 Å². The number of likely N-dealkylation sites (N-methyl/N-ethyl adjacent to an activating group) is 1. The van der Waals surface area contributed by atoms with Crippen molar-refractivity contribution in [1.82, 2.24) is 0 Å². The SMILES string of the molecule is CC/C=C\C/C=C\C/C=C\C/C=C\C/C=C\C/C=C\C/C=C\CCCC(=O)OC(COC(=O)CCCCCC/C=C\C/C=C\C/C=C\C/C=C\CC)COC(OCC[N+](C)(C)C)C(=O)O. The van der Waals surface area contributed by atoms with Crippen LogP contribution in [0.1, 0.15) is 142 Å². The summed E-state index contributed by atoms with van der Waals surface area (Å²) in [6.07, 6.45) is 62.4. The molecule has 0 fully saturated rings. The van der Waals surface area contributed by atoms with E-state index < -0.39 is 30.3 Å². The summed E-state index contributed by atoms with van der Waals surface area (Å²) >= 11 is 0. The molecular formula is C56H88NO8+. The van der Waals surface area contributed by atoms with Gasteiger partial charge in [-0.3, -0.25) is 9.59 Å². The summed E-state index contributed by atoms with van der Waals surface area (Å²) in [6, 6.07) is 0. The molecule has 2 atom stereocenters. The van der Waals surface area contributed by atoms with Crippen molar-refractivity contribution in [1.29, 1.82) is 0 Å². The molecule has 1 N–H and O–H groups in total. The molecule has 9 nitrogen and oxygen atoms in total. The van der Waals surface area contributed by atoms with Crippen molar-refractivity contribution >= 4 is 17.9 Å². The molecule has 0 saturated heterocycles. The number of quaternary nitrogens is 1. The number of aliphatic carboxylic acids is 1. The third-order valence-electron chi connectivity index (χ3n) is 9.40. The molecule has 0 heterocycles. The second-order valence-corrected chi connectivity index (χ2v) is 16.7. The van der Waals surface area contributed by atoms with E-state index in [0.717, 1.165) is 96.3 Å². The third kappa shape index (κ3) is 47.2. The normalized spacial score (nSPS) is 14.0. The molecule has 0 radical (unpaired) electrons. The standard InChI is InChI=1S/C56H87NO8/c1-6-8-10-12-14-16-18-20-22-24-25-26-27-28-29-31-33-35-37-39-41-43-45-47-54(59)65-52(51-64-56(55(60)61)62-49-48-57(3,4)5)50-63-53(58)46-44-42-40-38-36-34-32-30-23-21-19-17-15-13-11-9-7-2/h8-11,14-17,20-23,25-26,28-29,32-35,39,41,52,56H,6-7,12-13,18-19,24,27,30-31,36-38,40,42-51H2,1-5H3/p+1/b10-8-,11-9-,16-14-,17-15-,22-20-,23-21-,26-25-,29-28-,34-32-,35-33-,41-39-. The summed E-state index contributed by atoms with van der Waals surface area (Å²) in [7, 11) is 5.91. The van der Waals surface area contributed by atoms with Crippen LogP contribution in [-0.4, -0.2) is 87.4 Å². The maximum Gasteiger partial charge on any atom is 0.361 e. The van der Waals surface area contributed by atoms with Gasteiger partial charge in [0, 0.05) is 12.8 Å². The molecule has 9 heteroatoms. The summed E-state index contributed by atoms with van der Waals surface area (Å²) < 4.78 is 22.7. The van der Waals surface area contributed by atoms with Crippen LogP contribution in [0.25, 0.3) is 0 Å². The van der Waals surface area contributed by atoms with Gasteiger partial charge in [0.1, 0.15) is 13.2 Å². The minimum absolute atomic E-state index is 0.164.